The molecule has 4 aromatic carbocycles. The summed E-state index contributed by atoms with van der Waals surface area (Å²) in [5.41, 5.74) is 12.4. The maximum absolute atomic E-state index is 11.8. The second-order valence-electron chi connectivity index (χ2n) is 15.6. The fourth-order valence-corrected chi connectivity index (χ4v) is 8.57. The van der Waals surface area contributed by atoms with Crippen molar-refractivity contribution in [3.05, 3.63) is 167 Å². The van der Waals surface area contributed by atoms with Gasteiger partial charge in [0.2, 0.25) is 17.1 Å². The van der Waals surface area contributed by atoms with Crippen LogP contribution in [0.2, 0.25) is 0 Å². The number of fused-ring (bicyclic) bond motifs is 2. The lowest BCUT2D eigenvalue weighted by molar-refractivity contribution is -0.141. The van der Waals surface area contributed by atoms with Gasteiger partial charge in [0.25, 0.3) is 0 Å². The molecule has 0 amide bonds. The normalized spacial score (nSPS) is 19.5. The third-order valence-corrected chi connectivity index (χ3v) is 11.2. The third kappa shape index (κ3) is 7.51. The van der Waals surface area contributed by atoms with Crippen LogP contribution < -0.4 is 14.4 Å². The topological polar surface area (TPSA) is 62.1 Å². The lowest BCUT2D eigenvalue weighted by Crippen LogP contribution is -2.29. The van der Waals surface area contributed by atoms with E-state index < -0.39 is 0 Å². The van der Waals surface area contributed by atoms with Gasteiger partial charge in [-0.1, -0.05) is 113 Å². The van der Waals surface area contributed by atoms with Crippen molar-refractivity contribution in [1.82, 2.24) is 4.58 Å². The molecule has 1 saturated carbocycles. The van der Waals surface area contributed by atoms with E-state index in [-0.39, 0.29) is 22.8 Å². The van der Waals surface area contributed by atoms with Crippen LogP contribution >= 0.6 is 0 Å². The smallest absolute Gasteiger partial charge is 0.302 e. The lowest BCUT2D eigenvalue weighted by Gasteiger charge is -2.27. The van der Waals surface area contributed by atoms with E-state index in [1.165, 1.54) is 36.1 Å². The van der Waals surface area contributed by atoms with E-state index in [4.69, 9.17) is 9.47 Å². The number of anilines is 2. The molecule has 7 nitrogen and oxygen atoms in total. The van der Waals surface area contributed by atoms with Gasteiger partial charge in [0.05, 0.1) is 13.1 Å². The molecule has 3 aliphatic rings. The number of ether oxygens (including phenoxy) is 2. The maximum Gasteiger partial charge on any atom is 0.302 e. The minimum atomic E-state index is -0.275. The first-order valence-electron chi connectivity index (χ1n) is 19.6. The molecule has 0 unspecified atom stereocenters. The Morgan fingerprint density at radius 1 is 0.571 bits per heavy atom. The first-order valence-corrected chi connectivity index (χ1v) is 19.6. The van der Waals surface area contributed by atoms with Crippen LogP contribution in [-0.2, 0) is 29.9 Å². The van der Waals surface area contributed by atoms with Crippen molar-refractivity contribution in [3.63, 3.8) is 0 Å². The molecule has 0 saturated heterocycles. The Morgan fingerprint density at radius 2 is 0.946 bits per heavy atom. The van der Waals surface area contributed by atoms with E-state index >= 15 is 0 Å². The number of allylic oxidation sites excluding steroid dienone is 8. The molecule has 286 valence electrons. The molecule has 0 aromatic heterocycles. The molecule has 2 aliphatic heterocycles. The zero-order chi connectivity index (χ0) is 39.5. The molecule has 2 heterocycles. The van der Waals surface area contributed by atoms with Gasteiger partial charge in [-0.05, 0) is 48.3 Å². The quantitative estimate of drug-likeness (QED) is 0.119. The maximum atomic E-state index is 11.8. The molecule has 1 aliphatic carbocycles. The average molecular weight is 747 g/mol. The number of hydrogen-bond donors (Lipinski definition) is 0. The molecule has 1 fully saturated rings. The Labute approximate surface area is 331 Å². The monoisotopic (exact) mass is 746 g/mol. The van der Waals surface area contributed by atoms with Crippen molar-refractivity contribution < 1.29 is 19.1 Å². The van der Waals surface area contributed by atoms with Gasteiger partial charge in [0.1, 0.15) is 13.2 Å². The SMILES string of the molecule is CC(=O)OCCN1C(=CC=C2CC/C(=C\C=C3\N(CCOC(C)=O)c4ccccc4C3(C)C)C2=[N+](c2ccccc2)c2ccccc2)C(C)(C)c2ccccc21. The second kappa shape index (κ2) is 16.0. The summed E-state index contributed by atoms with van der Waals surface area (Å²) in [5.74, 6) is -0.550. The highest BCUT2D eigenvalue weighted by molar-refractivity contribution is 6.17. The number of carbonyl (C=O) groups excluding carboxylic acids is 2. The third-order valence-electron chi connectivity index (χ3n) is 11.2. The number of nitrogens with zero attached hydrogens (tertiary/aromatic N) is 3. The van der Waals surface area contributed by atoms with E-state index in [2.05, 4.69) is 176 Å². The molecule has 0 bridgehead atoms. The molecule has 0 spiro atoms. The molecule has 7 rings (SSSR count). The van der Waals surface area contributed by atoms with Gasteiger partial charge < -0.3 is 19.3 Å². The summed E-state index contributed by atoms with van der Waals surface area (Å²) in [7, 11) is 0. The van der Waals surface area contributed by atoms with E-state index in [1.807, 2.05) is 0 Å². The molecular weight excluding hydrogens is 695 g/mol. The predicted molar refractivity (Wildman–Crippen MR) is 228 cm³/mol. The summed E-state index contributed by atoms with van der Waals surface area (Å²) in [5, 5.41) is 0. The molecule has 0 atom stereocenters. The van der Waals surface area contributed by atoms with Gasteiger partial charge in [-0.25, -0.2) is 0 Å². The fraction of sp³-hybridized carbons (Fsp3) is 0.286. The summed E-state index contributed by atoms with van der Waals surface area (Å²) >= 11 is 0. The zero-order valence-electron chi connectivity index (χ0n) is 33.4. The van der Waals surface area contributed by atoms with Crippen LogP contribution in [0.1, 0.15) is 65.5 Å². The Morgan fingerprint density at radius 3 is 1.34 bits per heavy atom. The number of rotatable bonds is 10. The van der Waals surface area contributed by atoms with Crippen molar-refractivity contribution in [2.24, 2.45) is 0 Å². The molecule has 4 aromatic rings. The summed E-state index contributed by atoms with van der Waals surface area (Å²) in [4.78, 5) is 28.1. The largest absolute Gasteiger partial charge is 0.464 e. The van der Waals surface area contributed by atoms with E-state index in [9.17, 15) is 9.59 Å². The lowest BCUT2D eigenvalue weighted by atomic mass is 9.83. The van der Waals surface area contributed by atoms with Crippen molar-refractivity contribution in [2.45, 2.75) is 65.2 Å². The summed E-state index contributed by atoms with van der Waals surface area (Å²) in [6.45, 7) is 13.7. The highest BCUT2D eigenvalue weighted by Crippen LogP contribution is 2.49. The molecule has 56 heavy (non-hydrogen) atoms. The van der Waals surface area contributed by atoms with Crippen LogP contribution in [0.15, 0.2) is 156 Å². The van der Waals surface area contributed by atoms with Crippen molar-refractivity contribution in [2.75, 3.05) is 36.1 Å². The van der Waals surface area contributed by atoms with Crippen LogP contribution in [-0.4, -0.2) is 44.0 Å². The number of para-hydroxylation sites is 4. The van der Waals surface area contributed by atoms with Crippen molar-refractivity contribution in [1.29, 1.82) is 0 Å². The highest BCUT2D eigenvalue weighted by Gasteiger charge is 2.41. The predicted octanol–water partition coefficient (Wildman–Crippen LogP) is 10.1. The van der Waals surface area contributed by atoms with Crippen molar-refractivity contribution in [3.8, 4) is 0 Å². The number of carbonyl (C=O) groups is 2. The fourth-order valence-electron chi connectivity index (χ4n) is 8.57. The minimum absolute atomic E-state index is 0.261. The number of hydrogen-bond acceptors (Lipinski definition) is 6. The van der Waals surface area contributed by atoms with Crippen LogP contribution in [0.4, 0.5) is 22.7 Å². The van der Waals surface area contributed by atoms with Crippen LogP contribution in [0.3, 0.4) is 0 Å². The number of esters is 2. The number of benzene rings is 4. The molecule has 7 heteroatoms. The second-order valence-corrected chi connectivity index (χ2v) is 15.6. The average Bonchev–Trinajstić information content (AvgIpc) is 3.75. The highest BCUT2D eigenvalue weighted by atomic mass is 16.5. The van der Waals surface area contributed by atoms with E-state index in [0.29, 0.717) is 26.3 Å². The van der Waals surface area contributed by atoms with Crippen LogP contribution in [0.5, 0.6) is 0 Å². The van der Waals surface area contributed by atoms with Crippen LogP contribution in [0.25, 0.3) is 0 Å². The Bertz CT molecular complexity index is 2120. The molecule has 0 N–H and O–H groups in total. The van der Waals surface area contributed by atoms with E-state index in [1.54, 1.807) is 0 Å². The van der Waals surface area contributed by atoms with Gasteiger partial charge in [-0.15, -0.1) is 0 Å². The first-order chi connectivity index (χ1) is 27.0. The van der Waals surface area contributed by atoms with Gasteiger partial charge in [-0.3, -0.25) is 9.59 Å². The van der Waals surface area contributed by atoms with Crippen LogP contribution in [0, 0.1) is 0 Å². The summed E-state index contributed by atoms with van der Waals surface area (Å²) in [6.07, 6.45) is 10.9. The Balaban J connectivity index is 1.39. The van der Waals surface area contributed by atoms with Gasteiger partial charge in [0, 0.05) is 82.9 Å². The van der Waals surface area contributed by atoms with E-state index in [0.717, 1.165) is 52.7 Å². The summed E-state index contributed by atoms with van der Waals surface area (Å²) < 4.78 is 13.3. The van der Waals surface area contributed by atoms with Gasteiger partial charge >= 0.3 is 11.9 Å². The summed E-state index contributed by atoms with van der Waals surface area (Å²) in [6, 6.07) is 38.2. The first kappa shape index (κ1) is 38.3. The Kier molecular flexibility index (Phi) is 11.0. The molecule has 0 radical (unpaired) electrons. The van der Waals surface area contributed by atoms with Crippen molar-refractivity contribution >= 4 is 40.4 Å². The minimum Gasteiger partial charge on any atom is -0.464 e. The standard InChI is InChI=1S/C49H52N3O4/c1-35(53)55-33-31-50-43-23-15-13-21-41(43)48(3,4)45(50)29-27-37-25-26-38(47(37)52(39-17-9-7-10-18-39)40-19-11-8-12-20-40)28-30-46-49(5,6)42-22-14-16-24-44(42)51(46)32-34-56-36(2)54/h7-24,27-30H,25-26,31-34H2,1-6H3/q+1. The van der Waals surface area contributed by atoms with Gasteiger partial charge in [-0.2, -0.15) is 4.58 Å². The van der Waals surface area contributed by atoms with Gasteiger partial charge in [0.15, 0.2) is 0 Å². The zero-order valence-corrected chi connectivity index (χ0v) is 33.4. The molecular formula is C49H52N3O4+. The Hall–Kier alpha value is -5.95.